The second-order valence-corrected chi connectivity index (χ2v) is 8.11. The largest absolute Gasteiger partial charge is 0.323 e. The molecule has 2 amide bonds. The van der Waals surface area contributed by atoms with E-state index in [2.05, 4.69) is 15.4 Å². The molecule has 0 aliphatic rings. The van der Waals surface area contributed by atoms with Gasteiger partial charge in [0.2, 0.25) is 0 Å². The number of rotatable bonds is 6. The second kappa shape index (κ2) is 8.80. The molecule has 0 spiro atoms. The van der Waals surface area contributed by atoms with Gasteiger partial charge >= 0.3 is 6.03 Å². The topological polar surface area (TPSA) is 130 Å². The fraction of sp³-hybridized carbons (Fsp3) is 0. The molecular formula is C19H15ClN4O5S. The van der Waals surface area contributed by atoms with Gasteiger partial charge in [-0.2, -0.15) is 0 Å². The van der Waals surface area contributed by atoms with Crippen molar-refractivity contribution in [3.05, 3.63) is 87.9 Å². The van der Waals surface area contributed by atoms with E-state index in [1.54, 1.807) is 36.4 Å². The van der Waals surface area contributed by atoms with Crippen molar-refractivity contribution in [1.82, 2.24) is 0 Å². The maximum atomic E-state index is 12.6. The van der Waals surface area contributed by atoms with Crippen LogP contribution in [0.15, 0.2) is 77.7 Å². The van der Waals surface area contributed by atoms with Crippen LogP contribution in [0.5, 0.6) is 0 Å². The molecule has 0 atom stereocenters. The Kier molecular flexibility index (Phi) is 6.19. The molecule has 154 valence electrons. The first-order valence-electron chi connectivity index (χ1n) is 8.44. The van der Waals surface area contributed by atoms with E-state index >= 15 is 0 Å². The fourth-order valence-electron chi connectivity index (χ4n) is 2.45. The first-order valence-corrected chi connectivity index (χ1v) is 10.3. The van der Waals surface area contributed by atoms with Crippen molar-refractivity contribution in [3.63, 3.8) is 0 Å². The number of carbonyl (C=O) groups excluding carboxylic acids is 1. The third kappa shape index (κ3) is 5.25. The van der Waals surface area contributed by atoms with E-state index in [0.29, 0.717) is 10.7 Å². The van der Waals surface area contributed by atoms with Crippen LogP contribution in [-0.2, 0) is 10.0 Å². The summed E-state index contributed by atoms with van der Waals surface area (Å²) in [5, 5.41) is 16.4. The monoisotopic (exact) mass is 446 g/mol. The Hall–Kier alpha value is -3.63. The number of benzene rings is 3. The summed E-state index contributed by atoms with van der Waals surface area (Å²) in [6.45, 7) is 0. The van der Waals surface area contributed by atoms with Crippen LogP contribution in [-0.4, -0.2) is 19.4 Å². The Morgan fingerprint density at radius 2 is 1.47 bits per heavy atom. The van der Waals surface area contributed by atoms with Gasteiger partial charge in [0.05, 0.1) is 21.2 Å². The Morgan fingerprint density at radius 1 is 0.867 bits per heavy atom. The highest BCUT2D eigenvalue weighted by molar-refractivity contribution is 7.92. The van der Waals surface area contributed by atoms with E-state index in [0.717, 1.165) is 24.3 Å². The van der Waals surface area contributed by atoms with Gasteiger partial charge in [-0.1, -0.05) is 23.7 Å². The van der Waals surface area contributed by atoms with Crippen LogP contribution >= 0.6 is 11.6 Å². The molecule has 0 unspecified atom stereocenters. The minimum atomic E-state index is -4.04. The lowest BCUT2D eigenvalue weighted by molar-refractivity contribution is -0.384. The number of halogens is 1. The van der Waals surface area contributed by atoms with Crippen molar-refractivity contribution in [2.45, 2.75) is 4.90 Å². The summed E-state index contributed by atoms with van der Waals surface area (Å²) >= 11 is 5.81. The summed E-state index contributed by atoms with van der Waals surface area (Å²) < 4.78 is 27.6. The quantitative estimate of drug-likeness (QED) is 0.373. The number of amides is 2. The smallest absolute Gasteiger partial charge is 0.308 e. The number of nitrogens with zero attached hydrogens (tertiary/aromatic N) is 1. The number of para-hydroxylation sites is 2. The molecule has 0 heterocycles. The normalized spacial score (nSPS) is 10.8. The van der Waals surface area contributed by atoms with Crippen LogP contribution < -0.4 is 15.4 Å². The van der Waals surface area contributed by atoms with Crippen LogP contribution in [0.4, 0.5) is 27.5 Å². The zero-order chi connectivity index (χ0) is 21.7. The number of hydrogen-bond donors (Lipinski definition) is 3. The van der Waals surface area contributed by atoms with Gasteiger partial charge in [0.1, 0.15) is 0 Å². The highest BCUT2D eigenvalue weighted by atomic mass is 35.5. The minimum absolute atomic E-state index is 0.127. The zero-order valence-corrected chi connectivity index (χ0v) is 16.8. The number of hydrogen-bond acceptors (Lipinski definition) is 5. The average Bonchev–Trinajstić information content (AvgIpc) is 2.71. The van der Waals surface area contributed by atoms with Crippen molar-refractivity contribution in [1.29, 1.82) is 0 Å². The number of carbonyl (C=O) groups is 1. The Bertz CT molecular complexity index is 1180. The maximum absolute atomic E-state index is 12.6. The van der Waals surface area contributed by atoms with Gasteiger partial charge in [0, 0.05) is 22.8 Å². The predicted octanol–water partition coefficient (Wildman–Crippen LogP) is 4.69. The molecule has 0 bridgehead atoms. The molecule has 30 heavy (non-hydrogen) atoms. The van der Waals surface area contributed by atoms with Crippen LogP contribution in [0.1, 0.15) is 0 Å². The Morgan fingerprint density at radius 3 is 2.07 bits per heavy atom. The van der Waals surface area contributed by atoms with E-state index < -0.39 is 21.0 Å². The molecule has 0 aliphatic heterocycles. The second-order valence-electron chi connectivity index (χ2n) is 5.99. The number of non-ortho nitro benzene ring substituents is 1. The van der Waals surface area contributed by atoms with Crippen LogP contribution in [0.2, 0.25) is 5.02 Å². The summed E-state index contributed by atoms with van der Waals surface area (Å²) in [4.78, 5) is 22.2. The lowest BCUT2D eigenvalue weighted by atomic mass is 10.3. The van der Waals surface area contributed by atoms with Gasteiger partial charge in [-0.05, 0) is 48.5 Å². The Labute approximate surface area is 176 Å². The highest BCUT2D eigenvalue weighted by Crippen LogP contribution is 2.25. The van der Waals surface area contributed by atoms with E-state index in [1.807, 2.05) is 0 Å². The van der Waals surface area contributed by atoms with E-state index in [4.69, 9.17) is 11.6 Å². The molecule has 3 aromatic rings. The number of sulfonamides is 1. The minimum Gasteiger partial charge on any atom is -0.308 e. The molecule has 3 N–H and O–H groups in total. The molecule has 0 fully saturated rings. The van der Waals surface area contributed by atoms with Crippen molar-refractivity contribution < 1.29 is 18.1 Å². The van der Waals surface area contributed by atoms with Crippen molar-refractivity contribution >= 4 is 50.4 Å². The van der Waals surface area contributed by atoms with Crippen molar-refractivity contribution in [2.75, 3.05) is 15.4 Å². The molecule has 0 aromatic heterocycles. The first kappa shape index (κ1) is 21.1. The zero-order valence-electron chi connectivity index (χ0n) is 15.2. The standard InChI is InChI=1S/C19H15ClN4O5S/c20-13-5-7-14(8-6-13)21-19(25)22-17-3-1-2-4-18(17)23-30(28,29)16-11-9-15(10-12-16)24(26)27/h1-12,23H,(H2,21,22,25). The Balaban J connectivity index is 1.76. The van der Waals surface area contributed by atoms with Crippen molar-refractivity contribution in [2.24, 2.45) is 0 Å². The molecule has 0 radical (unpaired) electrons. The molecule has 3 aromatic carbocycles. The highest BCUT2D eigenvalue weighted by Gasteiger charge is 2.18. The molecule has 11 heteroatoms. The van der Waals surface area contributed by atoms with Crippen LogP contribution in [0.3, 0.4) is 0 Å². The molecule has 0 saturated heterocycles. The summed E-state index contributed by atoms with van der Waals surface area (Å²) in [6, 6.07) is 16.5. The third-order valence-electron chi connectivity index (χ3n) is 3.88. The SMILES string of the molecule is O=C(Nc1ccc(Cl)cc1)Nc1ccccc1NS(=O)(=O)c1ccc([N+](=O)[O-])cc1. The number of anilines is 3. The number of nitro benzene ring substituents is 1. The molecular weight excluding hydrogens is 432 g/mol. The van der Waals surface area contributed by atoms with E-state index in [-0.39, 0.29) is 22.0 Å². The van der Waals surface area contributed by atoms with Crippen molar-refractivity contribution in [3.8, 4) is 0 Å². The van der Waals surface area contributed by atoms with Gasteiger partial charge in [-0.15, -0.1) is 0 Å². The average molecular weight is 447 g/mol. The summed E-state index contributed by atoms with van der Waals surface area (Å²) in [5.41, 5.74) is 0.618. The summed E-state index contributed by atoms with van der Waals surface area (Å²) in [5.74, 6) is 0. The van der Waals surface area contributed by atoms with Gasteiger partial charge in [-0.3, -0.25) is 14.8 Å². The van der Waals surface area contributed by atoms with Gasteiger partial charge in [-0.25, -0.2) is 13.2 Å². The molecule has 9 nitrogen and oxygen atoms in total. The number of urea groups is 1. The molecule has 3 rings (SSSR count). The van der Waals surface area contributed by atoms with E-state index in [1.165, 1.54) is 12.1 Å². The predicted molar refractivity (Wildman–Crippen MR) is 114 cm³/mol. The van der Waals surface area contributed by atoms with Gasteiger partial charge in [0.25, 0.3) is 15.7 Å². The van der Waals surface area contributed by atoms with Gasteiger partial charge in [0.15, 0.2) is 0 Å². The molecule has 0 aliphatic carbocycles. The number of nitro groups is 1. The van der Waals surface area contributed by atoms with Crippen LogP contribution in [0, 0.1) is 10.1 Å². The van der Waals surface area contributed by atoms with E-state index in [9.17, 15) is 23.3 Å². The third-order valence-corrected chi connectivity index (χ3v) is 5.51. The lowest BCUT2D eigenvalue weighted by Gasteiger charge is -2.14. The fourth-order valence-corrected chi connectivity index (χ4v) is 3.66. The number of nitrogens with one attached hydrogen (secondary N) is 3. The van der Waals surface area contributed by atoms with Crippen LogP contribution in [0.25, 0.3) is 0 Å². The summed E-state index contributed by atoms with van der Waals surface area (Å²) in [7, 11) is -4.04. The van der Waals surface area contributed by atoms with Gasteiger partial charge < -0.3 is 10.6 Å². The lowest BCUT2D eigenvalue weighted by Crippen LogP contribution is -2.21. The first-order chi connectivity index (χ1) is 14.2. The maximum Gasteiger partial charge on any atom is 0.323 e. The summed E-state index contributed by atoms with van der Waals surface area (Å²) in [6.07, 6.45) is 0. The molecule has 0 saturated carbocycles.